The minimum atomic E-state index is -0.564. The summed E-state index contributed by atoms with van der Waals surface area (Å²) in [6.07, 6.45) is 0. The summed E-state index contributed by atoms with van der Waals surface area (Å²) in [5, 5.41) is 0.792. The maximum Gasteiger partial charge on any atom is 0.273 e. The van der Waals surface area contributed by atoms with E-state index < -0.39 is 5.91 Å². The van der Waals surface area contributed by atoms with Crippen LogP contribution in [0.25, 0.3) is 10.9 Å². The number of nitrogens with zero attached hydrogens (tertiary/aromatic N) is 2. The SMILES string of the molecule is CC(C)N(CC(N)=O)C(=O)c1cc(N)c2ccccc2n1. The van der Waals surface area contributed by atoms with Gasteiger partial charge >= 0.3 is 0 Å². The average Bonchev–Trinajstić information content (AvgIpc) is 2.43. The van der Waals surface area contributed by atoms with Gasteiger partial charge in [0, 0.05) is 17.1 Å². The normalized spacial score (nSPS) is 10.8. The van der Waals surface area contributed by atoms with Crippen LogP contribution >= 0.6 is 0 Å². The van der Waals surface area contributed by atoms with Crippen molar-refractivity contribution in [3.63, 3.8) is 0 Å². The van der Waals surface area contributed by atoms with Gasteiger partial charge in [0.1, 0.15) is 5.69 Å². The number of carbonyl (C=O) groups excluding carboxylic acids is 2. The molecule has 6 nitrogen and oxygen atoms in total. The molecule has 2 amide bonds. The third-order valence-electron chi connectivity index (χ3n) is 3.18. The predicted molar refractivity (Wildman–Crippen MR) is 81.5 cm³/mol. The van der Waals surface area contributed by atoms with Crippen molar-refractivity contribution in [1.82, 2.24) is 9.88 Å². The van der Waals surface area contributed by atoms with E-state index in [-0.39, 0.29) is 24.2 Å². The molecule has 2 aromatic rings. The van der Waals surface area contributed by atoms with Crippen LogP contribution in [-0.4, -0.2) is 34.3 Å². The molecule has 0 aliphatic rings. The second-order valence-electron chi connectivity index (χ2n) is 5.11. The number of carbonyl (C=O) groups is 2. The van der Waals surface area contributed by atoms with Crippen LogP contribution in [0.1, 0.15) is 24.3 Å². The van der Waals surface area contributed by atoms with E-state index in [2.05, 4.69) is 4.98 Å². The van der Waals surface area contributed by atoms with Gasteiger partial charge in [-0.2, -0.15) is 0 Å². The molecule has 6 heteroatoms. The summed E-state index contributed by atoms with van der Waals surface area (Å²) < 4.78 is 0. The highest BCUT2D eigenvalue weighted by Crippen LogP contribution is 2.21. The van der Waals surface area contributed by atoms with E-state index in [0.717, 1.165) is 5.39 Å². The summed E-state index contributed by atoms with van der Waals surface area (Å²) in [5.41, 5.74) is 12.5. The molecule has 2 rings (SSSR count). The Morgan fingerprint density at radius 3 is 2.57 bits per heavy atom. The van der Waals surface area contributed by atoms with Crippen molar-refractivity contribution in [1.29, 1.82) is 0 Å². The highest BCUT2D eigenvalue weighted by Gasteiger charge is 2.22. The number of amides is 2. The zero-order chi connectivity index (χ0) is 15.6. The fourth-order valence-corrected chi connectivity index (χ4v) is 2.12. The second-order valence-corrected chi connectivity index (χ2v) is 5.11. The molecule has 21 heavy (non-hydrogen) atoms. The Balaban J connectivity index is 2.44. The van der Waals surface area contributed by atoms with E-state index in [1.54, 1.807) is 6.07 Å². The third-order valence-corrected chi connectivity index (χ3v) is 3.18. The topological polar surface area (TPSA) is 102 Å². The molecule has 0 atom stereocenters. The lowest BCUT2D eigenvalue weighted by atomic mass is 10.1. The van der Waals surface area contributed by atoms with E-state index in [9.17, 15) is 9.59 Å². The van der Waals surface area contributed by atoms with Gasteiger partial charge in [0.2, 0.25) is 5.91 Å². The van der Waals surface area contributed by atoms with E-state index in [1.165, 1.54) is 11.0 Å². The second kappa shape index (κ2) is 5.78. The quantitative estimate of drug-likeness (QED) is 0.880. The van der Waals surface area contributed by atoms with Gasteiger partial charge in [-0.15, -0.1) is 0 Å². The summed E-state index contributed by atoms with van der Waals surface area (Å²) in [6, 6.07) is 8.68. The lowest BCUT2D eigenvalue weighted by molar-refractivity contribution is -0.119. The Labute approximate surface area is 122 Å². The number of nitrogen functional groups attached to an aromatic ring is 1. The van der Waals surface area contributed by atoms with Gasteiger partial charge in [-0.05, 0) is 26.0 Å². The van der Waals surface area contributed by atoms with Crippen molar-refractivity contribution in [2.75, 3.05) is 12.3 Å². The van der Waals surface area contributed by atoms with Crippen molar-refractivity contribution in [2.24, 2.45) is 5.73 Å². The number of benzene rings is 1. The number of para-hydroxylation sites is 1. The van der Waals surface area contributed by atoms with Gasteiger partial charge in [-0.25, -0.2) is 4.98 Å². The van der Waals surface area contributed by atoms with Gasteiger partial charge in [0.05, 0.1) is 12.1 Å². The molecule has 110 valence electrons. The largest absolute Gasteiger partial charge is 0.398 e. The molecule has 0 bridgehead atoms. The molecule has 0 unspecified atom stereocenters. The van der Waals surface area contributed by atoms with Crippen LogP contribution in [0.2, 0.25) is 0 Å². The molecular formula is C15H18N4O2. The smallest absolute Gasteiger partial charge is 0.273 e. The van der Waals surface area contributed by atoms with Crippen LogP contribution in [0.4, 0.5) is 5.69 Å². The van der Waals surface area contributed by atoms with Gasteiger partial charge in [-0.1, -0.05) is 18.2 Å². The van der Waals surface area contributed by atoms with Crippen molar-refractivity contribution in [2.45, 2.75) is 19.9 Å². The van der Waals surface area contributed by atoms with Crippen LogP contribution in [0.3, 0.4) is 0 Å². The van der Waals surface area contributed by atoms with Crippen LogP contribution in [-0.2, 0) is 4.79 Å². The summed E-state index contributed by atoms with van der Waals surface area (Å²) in [6.45, 7) is 3.47. The maximum atomic E-state index is 12.5. The number of rotatable bonds is 4. The molecule has 1 heterocycles. The number of hydrogen-bond donors (Lipinski definition) is 2. The zero-order valence-electron chi connectivity index (χ0n) is 12.0. The number of anilines is 1. The Morgan fingerprint density at radius 1 is 1.29 bits per heavy atom. The van der Waals surface area contributed by atoms with Crippen molar-refractivity contribution in [3.8, 4) is 0 Å². The Hall–Kier alpha value is -2.63. The van der Waals surface area contributed by atoms with Crippen LogP contribution < -0.4 is 11.5 Å². The monoisotopic (exact) mass is 286 g/mol. The summed E-state index contributed by atoms with van der Waals surface area (Å²) in [4.78, 5) is 29.3. The molecular weight excluding hydrogens is 268 g/mol. The molecule has 0 aliphatic heterocycles. The fraction of sp³-hybridized carbons (Fsp3) is 0.267. The van der Waals surface area contributed by atoms with Gasteiger partial charge in [0.25, 0.3) is 5.91 Å². The molecule has 0 radical (unpaired) electrons. The first kappa shape index (κ1) is 14.8. The van der Waals surface area contributed by atoms with Crippen LogP contribution in [0, 0.1) is 0 Å². The number of aromatic nitrogens is 1. The number of primary amides is 1. The van der Waals surface area contributed by atoms with Crippen molar-refractivity contribution < 1.29 is 9.59 Å². The molecule has 0 aliphatic carbocycles. The van der Waals surface area contributed by atoms with E-state index in [4.69, 9.17) is 11.5 Å². The Bertz CT molecular complexity index is 697. The van der Waals surface area contributed by atoms with Crippen molar-refractivity contribution >= 4 is 28.4 Å². The average molecular weight is 286 g/mol. The van der Waals surface area contributed by atoms with Gasteiger partial charge in [0.15, 0.2) is 0 Å². The molecule has 0 saturated heterocycles. The number of fused-ring (bicyclic) bond motifs is 1. The standard InChI is InChI=1S/C15H18N4O2/c1-9(2)19(8-14(17)20)15(21)13-7-11(16)10-5-3-4-6-12(10)18-13/h3-7,9H,8H2,1-2H3,(H2,16,18)(H2,17,20). The fourth-order valence-electron chi connectivity index (χ4n) is 2.12. The molecule has 0 fully saturated rings. The lowest BCUT2D eigenvalue weighted by Crippen LogP contribution is -2.43. The number of pyridine rings is 1. The van der Waals surface area contributed by atoms with E-state index in [1.807, 2.05) is 32.0 Å². The third kappa shape index (κ3) is 3.10. The number of nitrogens with two attached hydrogens (primary N) is 2. The van der Waals surface area contributed by atoms with E-state index in [0.29, 0.717) is 11.2 Å². The highest BCUT2D eigenvalue weighted by molar-refractivity contribution is 6.00. The van der Waals surface area contributed by atoms with Crippen molar-refractivity contribution in [3.05, 3.63) is 36.0 Å². The predicted octanol–water partition coefficient (Wildman–Crippen LogP) is 1.15. The molecule has 0 saturated carbocycles. The summed E-state index contributed by atoms with van der Waals surface area (Å²) in [7, 11) is 0. The first-order valence-corrected chi connectivity index (χ1v) is 6.64. The maximum absolute atomic E-state index is 12.5. The minimum absolute atomic E-state index is 0.148. The molecule has 0 spiro atoms. The minimum Gasteiger partial charge on any atom is -0.398 e. The lowest BCUT2D eigenvalue weighted by Gasteiger charge is -2.25. The van der Waals surface area contributed by atoms with Crippen LogP contribution in [0.5, 0.6) is 0 Å². The first-order chi connectivity index (χ1) is 9.90. The summed E-state index contributed by atoms with van der Waals surface area (Å²) in [5.74, 6) is -0.924. The first-order valence-electron chi connectivity index (χ1n) is 6.64. The number of hydrogen-bond acceptors (Lipinski definition) is 4. The van der Waals surface area contributed by atoms with E-state index >= 15 is 0 Å². The molecule has 1 aromatic heterocycles. The molecule has 1 aromatic carbocycles. The van der Waals surface area contributed by atoms with Gasteiger partial charge in [-0.3, -0.25) is 9.59 Å². The Morgan fingerprint density at radius 2 is 1.95 bits per heavy atom. The van der Waals surface area contributed by atoms with Crippen LogP contribution in [0.15, 0.2) is 30.3 Å². The Kier molecular flexibility index (Phi) is 4.07. The highest BCUT2D eigenvalue weighted by atomic mass is 16.2. The molecule has 4 N–H and O–H groups in total. The summed E-state index contributed by atoms with van der Waals surface area (Å²) >= 11 is 0. The van der Waals surface area contributed by atoms with Gasteiger partial charge < -0.3 is 16.4 Å². The zero-order valence-corrected chi connectivity index (χ0v) is 12.0.